The van der Waals surface area contributed by atoms with Crippen molar-refractivity contribution in [3.8, 4) is 10.6 Å². The maximum Gasteiger partial charge on any atom is 0.291 e. The summed E-state index contributed by atoms with van der Waals surface area (Å²) in [4.78, 5) is 17.4. The molecule has 1 N–H and O–H groups in total. The first kappa shape index (κ1) is 16.0. The van der Waals surface area contributed by atoms with Gasteiger partial charge in [-0.05, 0) is 24.6 Å². The van der Waals surface area contributed by atoms with E-state index in [4.69, 9.17) is 0 Å². The Labute approximate surface area is 142 Å². The van der Waals surface area contributed by atoms with Crippen molar-refractivity contribution < 1.29 is 9.18 Å². The summed E-state index contributed by atoms with van der Waals surface area (Å²) in [5.41, 5.74) is 4.30. The number of hydrogen-bond acceptors (Lipinski definition) is 4. The van der Waals surface area contributed by atoms with E-state index in [9.17, 15) is 9.18 Å². The summed E-state index contributed by atoms with van der Waals surface area (Å²) in [6.07, 6.45) is 1.39. The van der Waals surface area contributed by atoms with Gasteiger partial charge in [0.05, 0.1) is 6.21 Å². The Kier molecular flexibility index (Phi) is 4.77. The molecule has 1 heterocycles. The molecule has 0 aliphatic heterocycles. The summed E-state index contributed by atoms with van der Waals surface area (Å²) < 4.78 is 13.1. The number of nitrogens with zero attached hydrogens (tertiary/aromatic N) is 2. The van der Waals surface area contributed by atoms with Crippen LogP contribution in [0.4, 0.5) is 4.39 Å². The van der Waals surface area contributed by atoms with Gasteiger partial charge in [0.1, 0.15) is 16.5 Å². The lowest BCUT2D eigenvalue weighted by atomic mass is 10.2. The van der Waals surface area contributed by atoms with Gasteiger partial charge in [0.25, 0.3) is 5.91 Å². The molecule has 0 saturated heterocycles. The van der Waals surface area contributed by atoms with E-state index in [2.05, 4.69) is 15.5 Å². The van der Waals surface area contributed by atoms with Crippen LogP contribution in [0.3, 0.4) is 0 Å². The number of aromatic nitrogens is 1. The van der Waals surface area contributed by atoms with E-state index in [0.717, 1.165) is 15.4 Å². The van der Waals surface area contributed by atoms with Gasteiger partial charge in [-0.2, -0.15) is 5.10 Å². The Morgan fingerprint density at radius 1 is 1.21 bits per heavy atom. The molecule has 0 radical (unpaired) electrons. The van der Waals surface area contributed by atoms with Crippen molar-refractivity contribution in [2.45, 2.75) is 6.92 Å². The second-order valence-electron chi connectivity index (χ2n) is 5.04. The maximum atomic E-state index is 13.1. The van der Waals surface area contributed by atoms with Gasteiger partial charge in [0, 0.05) is 10.4 Å². The molecule has 0 fully saturated rings. The molecule has 1 aromatic heterocycles. The molecule has 120 valence electrons. The van der Waals surface area contributed by atoms with E-state index >= 15 is 0 Å². The van der Waals surface area contributed by atoms with Gasteiger partial charge in [-0.1, -0.05) is 42.5 Å². The van der Waals surface area contributed by atoms with Gasteiger partial charge < -0.3 is 0 Å². The maximum absolute atomic E-state index is 13.1. The van der Waals surface area contributed by atoms with Crippen molar-refractivity contribution in [1.29, 1.82) is 0 Å². The van der Waals surface area contributed by atoms with E-state index in [0.29, 0.717) is 11.3 Å². The molecule has 6 heteroatoms. The highest BCUT2D eigenvalue weighted by atomic mass is 32.1. The lowest BCUT2D eigenvalue weighted by Crippen LogP contribution is -2.18. The number of nitrogens with one attached hydrogen (secondary N) is 1. The molecular weight excluding hydrogens is 325 g/mol. The lowest BCUT2D eigenvalue weighted by molar-refractivity contribution is 0.0950. The third-order valence-corrected chi connectivity index (χ3v) is 4.28. The summed E-state index contributed by atoms with van der Waals surface area (Å²) >= 11 is 1.45. The number of aryl methyl sites for hydroxylation is 1. The number of hydrogen-bond donors (Lipinski definition) is 1. The number of rotatable bonds is 4. The molecule has 2 aromatic carbocycles. The second-order valence-corrected chi connectivity index (χ2v) is 6.25. The minimum Gasteiger partial charge on any atom is -0.266 e. The van der Waals surface area contributed by atoms with Crippen LogP contribution in [0.25, 0.3) is 10.6 Å². The van der Waals surface area contributed by atoms with Gasteiger partial charge in [0.15, 0.2) is 0 Å². The highest BCUT2D eigenvalue weighted by molar-refractivity contribution is 7.15. The molecule has 0 spiro atoms. The second kappa shape index (κ2) is 7.14. The van der Waals surface area contributed by atoms with E-state index in [1.165, 1.54) is 29.7 Å². The van der Waals surface area contributed by atoms with Crippen LogP contribution in [0, 0.1) is 12.7 Å². The number of halogens is 1. The predicted octanol–water partition coefficient (Wildman–Crippen LogP) is 4.02. The molecule has 24 heavy (non-hydrogen) atoms. The third kappa shape index (κ3) is 3.72. The minimum absolute atomic E-state index is 0.343. The van der Waals surface area contributed by atoms with Gasteiger partial charge in [-0.15, -0.1) is 11.3 Å². The fraction of sp³-hybridized carbons (Fsp3) is 0.0556. The van der Waals surface area contributed by atoms with Gasteiger partial charge in [-0.3, -0.25) is 4.79 Å². The van der Waals surface area contributed by atoms with Crippen molar-refractivity contribution in [3.05, 3.63) is 76.5 Å². The SMILES string of the molecule is Cc1sc(-c2ccccc2)nc1C(=O)N/N=C\c1cccc(F)c1. The van der Waals surface area contributed by atoms with Crippen LogP contribution in [0.15, 0.2) is 59.7 Å². The smallest absolute Gasteiger partial charge is 0.266 e. The highest BCUT2D eigenvalue weighted by Gasteiger charge is 2.15. The summed E-state index contributed by atoms with van der Waals surface area (Å²) in [5, 5.41) is 4.64. The number of hydrazone groups is 1. The molecule has 1 amide bonds. The minimum atomic E-state index is -0.390. The molecular formula is C18H14FN3OS. The summed E-state index contributed by atoms with van der Waals surface area (Å²) in [5.74, 6) is -0.744. The quantitative estimate of drug-likeness (QED) is 0.576. The van der Waals surface area contributed by atoms with Crippen molar-refractivity contribution in [1.82, 2.24) is 10.4 Å². The van der Waals surface area contributed by atoms with Crippen molar-refractivity contribution in [2.75, 3.05) is 0 Å². The summed E-state index contributed by atoms with van der Waals surface area (Å²) in [7, 11) is 0. The predicted molar refractivity (Wildman–Crippen MR) is 93.7 cm³/mol. The average Bonchev–Trinajstić information content (AvgIpc) is 2.98. The molecule has 3 aromatic rings. The molecule has 3 rings (SSSR count). The normalized spacial score (nSPS) is 10.9. The van der Waals surface area contributed by atoms with Gasteiger partial charge in [-0.25, -0.2) is 14.8 Å². The van der Waals surface area contributed by atoms with Crippen LogP contribution in [-0.2, 0) is 0 Å². The van der Waals surface area contributed by atoms with Crippen molar-refractivity contribution in [3.63, 3.8) is 0 Å². The summed E-state index contributed by atoms with van der Waals surface area (Å²) in [6.45, 7) is 1.84. The van der Waals surface area contributed by atoms with Crippen LogP contribution in [0.2, 0.25) is 0 Å². The Bertz CT molecular complexity index is 890. The molecule has 0 atom stereocenters. The van der Waals surface area contributed by atoms with Crippen LogP contribution >= 0.6 is 11.3 Å². The van der Waals surface area contributed by atoms with E-state index in [-0.39, 0.29) is 5.82 Å². The monoisotopic (exact) mass is 339 g/mol. The lowest BCUT2D eigenvalue weighted by Gasteiger charge is -1.97. The number of benzene rings is 2. The number of carbonyl (C=O) groups is 1. The molecule has 0 bridgehead atoms. The van der Waals surface area contributed by atoms with Crippen molar-refractivity contribution >= 4 is 23.5 Å². The Morgan fingerprint density at radius 3 is 2.75 bits per heavy atom. The molecule has 0 aliphatic carbocycles. The zero-order valence-electron chi connectivity index (χ0n) is 12.9. The largest absolute Gasteiger partial charge is 0.291 e. The topological polar surface area (TPSA) is 54.4 Å². The van der Waals surface area contributed by atoms with Crippen LogP contribution in [0.1, 0.15) is 20.9 Å². The first-order chi connectivity index (χ1) is 11.6. The van der Waals surface area contributed by atoms with E-state index < -0.39 is 5.91 Å². The number of carbonyl (C=O) groups excluding carboxylic acids is 1. The fourth-order valence-electron chi connectivity index (χ4n) is 2.12. The van der Waals surface area contributed by atoms with E-state index in [1.807, 2.05) is 37.3 Å². The fourth-order valence-corrected chi connectivity index (χ4v) is 3.03. The molecule has 0 unspecified atom stereocenters. The number of thiazole rings is 1. The Balaban J connectivity index is 1.73. The van der Waals surface area contributed by atoms with Crippen LogP contribution in [0.5, 0.6) is 0 Å². The Hall–Kier alpha value is -2.86. The molecule has 0 aliphatic rings. The molecule has 4 nitrogen and oxygen atoms in total. The number of amides is 1. The van der Waals surface area contributed by atoms with Crippen LogP contribution in [-0.4, -0.2) is 17.1 Å². The first-order valence-corrected chi connectivity index (χ1v) is 8.07. The zero-order valence-corrected chi connectivity index (χ0v) is 13.7. The molecule has 0 saturated carbocycles. The summed E-state index contributed by atoms with van der Waals surface area (Å²) in [6, 6.07) is 15.6. The van der Waals surface area contributed by atoms with Crippen LogP contribution < -0.4 is 5.43 Å². The highest BCUT2D eigenvalue weighted by Crippen LogP contribution is 2.27. The van der Waals surface area contributed by atoms with Gasteiger partial charge >= 0.3 is 0 Å². The van der Waals surface area contributed by atoms with Gasteiger partial charge in [0.2, 0.25) is 0 Å². The van der Waals surface area contributed by atoms with E-state index in [1.54, 1.807) is 12.1 Å². The zero-order chi connectivity index (χ0) is 16.9. The Morgan fingerprint density at radius 2 is 2.00 bits per heavy atom. The average molecular weight is 339 g/mol. The van der Waals surface area contributed by atoms with Crippen molar-refractivity contribution in [2.24, 2.45) is 5.10 Å². The third-order valence-electron chi connectivity index (χ3n) is 3.26. The standard InChI is InChI=1S/C18H14FN3OS/c1-12-16(21-18(24-12)14-7-3-2-4-8-14)17(23)22-20-11-13-6-5-9-15(19)10-13/h2-11H,1H3,(H,22,23)/b20-11-. The first-order valence-electron chi connectivity index (χ1n) is 7.25.